The lowest BCUT2D eigenvalue weighted by Gasteiger charge is -2.17. The van der Waals surface area contributed by atoms with Crippen LogP contribution in [-0.4, -0.2) is 11.7 Å². The van der Waals surface area contributed by atoms with E-state index >= 15 is 0 Å². The van der Waals surface area contributed by atoms with E-state index in [1.807, 2.05) is 12.1 Å². The number of rotatable bonds is 2. The number of nitrogens with one attached hydrogen (secondary N) is 1. The van der Waals surface area contributed by atoms with Gasteiger partial charge in [0.1, 0.15) is 6.10 Å². The van der Waals surface area contributed by atoms with Crippen molar-refractivity contribution < 1.29 is 18.3 Å². The fourth-order valence-electron chi connectivity index (χ4n) is 2.66. The summed E-state index contributed by atoms with van der Waals surface area (Å²) in [4.78, 5) is 0. The molecule has 2 aromatic carbocycles. The molecular weight excluding hydrogens is 279 g/mol. The first kappa shape index (κ1) is 13.9. The number of halogens is 3. The fraction of sp³-hybridized carbons (Fsp3) is 0.250. The molecule has 1 aliphatic rings. The Morgan fingerprint density at radius 2 is 1.86 bits per heavy atom. The van der Waals surface area contributed by atoms with Gasteiger partial charge in [-0.1, -0.05) is 30.3 Å². The number of anilines is 1. The van der Waals surface area contributed by atoms with E-state index in [2.05, 4.69) is 5.32 Å². The highest BCUT2D eigenvalue weighted by molar-refractivity contribution is 5.63. The predicted molar refractivity (Wildman–Crippen MR) is 74.1 cm³/mol. The highest BCUT2D eigenvalue weighted by Gasteiger charge is 2.31. The molecule has 21 heavy (non-hydrogen) atoms. The van der Waals surface area contributed by atoms with Crippen LogP contribution in [0.5, 0.6) is 0 Å². The Balaban J connectivity index is 2.00. The van der Waals surface area contributed by atoms with Crippen molar-refractivity contribution in [3.05, 3.63) is 64.7 Å². The van der Waals surface area contributed by atoms with Gasteiger partial charge in [0.2, 0.25) is 0 Å². The number of hydrogen-bond acceptors (Lipinski definition) is 2. The predicted octanol–water partition coefficient (Wildman–Crippen LogP) is 3.76. The average molecular weight is 293 g/mol. The number of aliphatic hydroxyl groups is 1. The van der Waals surface area contributed by atoms with Gasteiger partial charge in [0, 0.05) is 17.8 Å². The van der Waals surface area contributed by atoms with Crippen LogP contribution in [0.1, 0.15) is 28.4 Å². The molecule has 0 saturated carbocycles. The van der Waals surface area contributed by atoms with E-state index < -0.39 is 17.8 Å². The molecular formula is C16H14F3NO. The Hall–Kier alpha value is -2.01. The van der Waals surface area contributed by atoms with Gasteiger partial charge < -0.3 is 10.4 Å². The maximum absolute atomic E-state index is 12.8. The van der Waals surface area contributed by atoms with Crippen molar-refractivity contribution in [1.29, 1.82) is 0 Å². The zero-order valence-electron chi connectivity index (χ0n) is 11.1. The maximum Gasteiger partial charge on any atom is 0.416 e. The van der Waals surface area contributed by atoms with Crippen LogP contribution in [0.3, 0.4) is 0 Å². The lowest BCUT2D eigenvalue weighted by atomic mass is 9.96. The van der Waals surface area contributed by atoms with Crippen LogP contribution in [0, 0.1) is 0 Å². The van der Waals surface area contributed by atoms with Crippen LogP contribution in [-0.2, 0) is 12.6 Å². The second kappa shape index (κ2) is 5.07. The van der Waals surface area contributed by atoms with Gasteiger partial charge in [0.25, 0.3) is 0 Å². The smallest absolute Gasteiger partial charge is 0.384 e. The molecule has 0 aromatic heterocycles. The van der Waals surface area contributed by atoms with Gasteiger partial charge in [-0.25, -0.2) is 0 Å². The number of benzene rings is 2. The highest BCUT2D eigenvalue weighted by atomic mass is 19.4. The monoisotopic (exact) mass is 293 g/mol. The third-order valence-electron chi connectivity index (χ3n) is 3.70. The van der Waals surface area contributed by atoms with Gasteiger partial charge in [-0.05, 0) is 29.7 Å². The van der Waals surface area contributed by atoms with E-state index in [1.165, 1.54) is 12.1 Å². The molecule has 1 atom stereocenters. The lowest BCUT2D eigenvalue weighted by molar-refractivity contribution is -0.137. The molecule has 110 valence electrons. The van der Waals surface area contributed by atoms with Crippen molar-refractivity contribution in [2.45, 2.75) is 18.7 Å². The largest absolute Gasteiger partial charge is 0.416 e. The molecule has 0 radical (unpaired) electrons. The normalized spacial score (nSPS) is 15.4. The van der Waals surface area contributed by atoms with E-state index in [1.54, 1.807) is 6.07 Å². The molecule has 0 saturated heterocycles. The number of hydrogen-bond donors (Lipinski definition) is 2. The summed E-state index contributed by atoms with van der Waals surface area (Å²) in [5.74, 6) is 0. The fourth-order valence-corrected chi connectivity index (χ4v) is 2.66. The molecule has 2 nitrogen and oxygen atoms in total. The maximum atomic E-state index is 12.8. The van der Waals surface area contributed by atoms with Gasteiger partial charge in [-0.15, -0.1) is 0 Å². The number of aliphatic hydroxyl groups excluding tert-OH is 1. The van der Waals surface area contributed by atoms with Gasteiger partial charge >= 0.3 is 6.18 Å². The second-order valence-corrected chi connectivity index (χ2v) is 5.08. The van der Waals surface area contributed by atoms with Gasteiger partial charge in [-0.3, -0.25) is 0 Å². The molecule has 2 N–H and O–H groups in total. The van der Waals surface area contributed by atoms with Crippen LogP contribution >= 0.6 is 0 Å². The highest BCUT2D eigenvalue weighted by Crippen LogP contribution is 2.36. The first-order chi connectivity index (χ1) is 9.97. The standard InChI is InChI=1S/C16H14F3NO/c17-16(18,19)12-5-1-4-11(9-12)15(21)13-6-2-3-10-7-8-20-14(10)13/h1-6,9,15,20-21H,7-8H2. The zero-order valence-corrected chi connectivity index (χ0v) is 11.1. The van der Waals surface area contributed by atoms with Crippen molar-refractivity contribution in [3.63, 3.8) is 0 Å². The first-order valence-corrected chi connectivity index (χ1v) is 6.67. The lowest BCUT2D eigenvalue weighted by Crippen LogP contribution is -2.08. The van der Waals surface area contributed by atoms with E-state index in [4.69, 9.17) is 0 Å². The Kier molecular flexibility index (Phi) is 3.37. The third kappa shape index (κ3) is 2.61. The number of para-hydroxylation sites is 1. The van der Waals surface area contributed by atoms with Crippen LogP contribution in [0.4, 0.5) is 18.9 Å². The molecule has 0 fully saturated rings. The van der Waals surface area contributed by atoms with E-state index in [0.717, 1.165) is 36.3 Å². The van der Waals surface area contributed by atoms with Crippen molar-refractivity contribution in [3.8, 4) is 0 Å². The molecule has 0 aliphatic carbocycles. The molecule has 1 heterocycles. The van der Waals surface area contributed by atoms with E-state index in [9.17, 15) is 18.3 Å². The van der Waals surface area contributed by atoms with Gasteiger partial charge in [0.05, 0.1) is 5.56 Å². The Labute approximate surface area is 120 Å². The molecule has 2 aromatic rings. The topological polar surface area (TPSA) is 32.3 Å². The third-order valence-corrected chi connectivity index (χ3v) is 3.70. The number of fused-ring (bicyclic) bond motifs is 1. The summed E-state index contributed by atoms with van der Waals surface area (Å²) in [5.41, 5.74) is 2.02. The number of alkyl halides is 3. The molecule has 5 heteroatoms. The minimum atomic E-state index is -4.41. The minimum Gasteiger partial charge on any atom is -0.384 e. The minimum absolute atomic E-state index is 0.243. The Morgan fingerprint density at radius 1 is 1.10 bits per heavy atom. The summed E-state index contributed by atoms with van der Waals surface area (Å²) in [6, 6.07) is 10.3. The molecule has 0 amide bonds. The van der Waals surface area contributed by atoms with E-state index in [-0.39, 0.29) is 5.56 Å². The van der Waals surface area contributed by atoms with Crippen LogP contribution < -0.4 is 5.32 Å². The Bertz CT molecular complexity index is 667. The summed E-state index contributed by atoms with van der Waals surface area (Å²) < 4.78 is 38.3. The second-order valence-electron chi connectivity index (χ2n) is 5.08. The molecule has 1 aliphatic heterocycles. The van der Waals surface area contributed by atoms with Crippen molar-refractivity contribution >= 4 is 5.69 Å². The summed E-state index contributed by atoms with van der Waals surface area (Å²) in [6.45, 7) is 0.779. The van der Waals surface area contributed by atoms with Crippen molar-refractivity contribution in [2.75, 3.05) is 11.9 Å². The summed E-state index contributed by atoms with van der Waals surface area (Å²) in [6.07, 6.45) is -4.63. The van der Waals surface area contributed by atoms with Gasteiger partial charge in [0.15, 0.2) is 0 Å². The quantitative estimate of drug-likeness (QED) is 0.883. The van der Waals surface area contributed by atoms with E-state index in [0.29, 0.717) is 5.56 Å². The molecule has 0 spiro atoms. The zero-order chi connectivity index (χ0) is 15.0. The summed E-state index contributed by atoms with van der Waals surface area (Å²) in [5, 5.41) is 13.6. The van der Waals surface area contributed by atoms with Crippen molar-refractivity contribution in [2.24, 2.45) is 0 Å². The summed E-state index contributed by atoms with van der Waals surface area (Å²) >= 11 is 0. The molecule has 3 rings (SSSR count). The van der Waals surface area contributed by atoms with Crippen LogP contribution in [0.25, 0.3) is 0 Å². The molecule has 1 unspecified atom stereocenters. The SMILES string of the molecule is OC(c1cccc(C(F)(F)F)c1)c1cccc2c1NCC2. The van der Waals surface area contributed by atoms with Gasteiger partial charge in [-0.2, -0.15) is 13.2 Å². The summed E-state index contributed by atoms with van der Waals surface area (Å²) in [7, 11) is 0. The first-order valence-electron chi connectivity index (χ1n) is 6.67. The van der Waals surface area contributed by atoms with Crippen LogP contribution in [0.15, 0.2) is 42.5 Å². The van der Waals surface area contributed by atoms with Crippen LogP contribution in [0.2, 0.25) is 0 Å². The van der Waals surface area contributed by atoms with Crippen molar-refractivity contribution in [1.82, 2.24) is 0 Å². The average Bonchev–Trinajstić information content (AvgIpc) is 2.94. The Morgan fingerprint density at radius 3 is 2.62 bits per heavy atom. The molecule has 0 bridgehead atoms.